The molecule has 0 unspecified atom stereocenters. The molecule has 2 heterocycles. The topological polar surface area (TPSA) is 107 Å². The van der Waals surface area contributed by atoms with Gasteiger partial charge < -0.3 is 4.90 Å². The lowest BCUT2D eigenvalue weighted by atomic mass is 10.1. The van der Waals surface area contributed by atoms with Gasteiger partial charge in [0.05, 0.1) is 21.7 Å². The zero-order valence-electron chi connectivity index (χ0n) is 19.1. The van der Waals surface area contributed by atoms with E-state index in [0.717, 1.165) is 27.0 Å². The number of fused-ring (bicyclic) bond motifs is 1. The molecule has 0 fully saturated rings. The number of amides is 1. The standard InChI is InChI=1S/C24H22N4O5S/c1-14-9-11-16(12-10-14)13-26-23-19(15(2)20(34-23)22(30)25(3)4)21(29)27(24(26)31)17-7-5-6-8-18(17)28(32)33/h5-12H,13H2,1-4H3. The molecule has 10 heteroatoms. The number of hydrogen-bond acceptors (Lipinski definition) is 6. The highest BCUT2D eigenvalue weighted by Gasteiger charge is 2.26. The van der Waals surface area contributed by atoms with Gasteiger partial charge in [0.25, 0.3) is 17.2 Å². The van der Waals surface area contributed by atoms with Gasteiger partial charge in [0, 0.05) is 20.2 Å². The van der Waals surface area contributed by atoms with Crippen LogP contribution in [0.15, 0.2) is 58.1 Å². The number of benzene rings is 2. The van der Waals surface area contributed by atoms with Gasteiger partial charge in [-0.25, -0.2) is 9.36 Å². The predicted octanol–water partition coefficient (Wildman–Crippen LogP) is 3.49. The first-order chi connectivity index (χ1) is 16.1. The SMILES string of the molecule is Cc1ccc(Cn2c(=O)n(-c3ccccc3[N+](=O)[O-])c(=O)c3c(C)c(C(=O)N(C)C)sc32)cc1. The molecule has 0 aliphatic heterocycles. The summed E-state index contributed by atoms with van der Waals surface area (Å²) in [4.78, 5) is 53.2. The molecule has 0 N–H and O–H groups in total. The Balaban J connectivity index is 2.12. The van der Waals surface area contributed by atoms with Crippen molar-refractivity contribution in [3.8, 4) is 5.69 Å². The van der Waals surface area contributed by atoms with Crippen LogP contribution in [0.4, 0.5) is 5.69 Å². The van der Waals surface area contributed by atoms with Crippen molar-refractivity contribution in [2.24, 2.45) is 0 Å². The van der Waals surface area contributed by atoms with Crippen molar-refractivity contribution >= 4 is 33.1 Å². The number of nitro groups is 1. The van der Waals surface area contributed by atoms with E-state index in [4.69, 9.17) is 0 Å². The third-order valence-electron chi connectivity index (χ3n) is 5.59. The maximum absolute atomic E-state index is 13.7. The van der Waals surface area contributed by atoms with E-state index in [9.17, 15) is 24.5 Å². The molecule has 0 aliphatic carbocycles. The molecule has 0 saturated carbocycles. The number of para-hydroxylation sites is 2. The predicted molar refractivity (Wildman–Crippen MR) is 131 cm³/mol. The van der Waals surface area contributed by atoms with E-state index in [-0.39, 0.29) is 29.2 Å². The van der Waals surface area contributed by atoms with Gasteiger partial charge in [-0.05, 0) is 31.0 Å². The summed E-state index contributed by atoms with van der Waals surface area (Å²) in [5.74, 6) is -0.287. The minimum Gasteiger partial charge on any atom is -0.344 e. The first-order valence-electron chi connectivity index (χ1n) is 10.4. The molecule has 0 aliphatic rings. The van der Waals surface area contributed by atoms with Gasteiger partial charge in [0.2, 0.25) is 0 Å². The normalized spacial score (nSPS) is 11.1. The average Bonchev–Trinajstić information content (AvgIpc) is 3.14. The quantitative estimate of drug-likeness (QED) is 0.322. The zero-order chi connectivity index (χ0) is 24.7. The zero-order valence-corrected chi connectivity index (χ0v) is 19.9. The molecular weight excluding hydrogens is 456 g/mol. The molecule has 2 aromatic carbocycles. The molecule has 4 aromatic rings. The molecule has 0 spiro atoms. The molecule has 0 saturated heterocycles. The Bertz CT molecular complexity index is 1560. The number of aromatic nitrogens is 2. The monoisotopic (exact) mass is 478 g/mol. The van der Waals surface area contributed by atoms with Crippen LogP contribution in [-0.4, -0.2) is 39.0 Å². The molecule has 2 aromatic heterocycles. The van der Waals surface area contributed by atoms with E-state index in [1.807, 2.05) is 31.2 Å². The van der Waals surface area contributed by atoms with Gasteiger partial charge in [-0.1, -0.05) is 42.0 Å². The van der Waals surface area contributed by atoms with Crippen LogP contribution >= 0.6 is 11.3 Å². The van der Waals surface area contributed by atoms with Crippen molar-refractivity contribution in [1.29, 1.82) is 0 Å². The van der Waals surface area contributed by atoms with Crippen molar-refractivity contribution in [2.45, 2.75) is 20.4 Å². The summed E-state index contributed by atoms with van der Waals surface area (Å²) in [7, 11) is 3.22. The Labute approximate surface area is 198 Å². The second-order valence-electron chi connectivity index (χ2n) is 8.18. The van der Waals surface area contributed by atoms with Crippen molar-refractivity contribution in [2.75, 3.05) is 14.1 Å². The Morgan fingerprint density at radius 1 is 1.06 bits per heavy atom. The van der Waals surface area contributed by atoms with E-state index in [2.05, 4.69) is 0 Å². The second-order valence-corrected chi connectivity index (χ2v) is 9.18. The van der Waals surface area contributed by atoms with Gasteiger partial charge in [-0.2, -0.15) is 0 Å². The third kappa shape index (κ3) is 3.81. The van der Waals surface area contributed by atoms with Gasteiger partial charge in [-0.15, -0.1) is 11.3 Å². The summed E-state index contributed by atoms with van der Waals surface area (Å²) in [5, 5.41) is 11.9. The van der Waals surface area contributed by atoms with Crippen LogP contribution in [-0.2, 0) is 6.54 Å². The van der Waals surface area contributed by atoms with Gasteiger partial charge in [0.1, 0.15) is 10.5 Å². The molecule has 1 amide bonds. The van der Waals surface area contributed by atoms with Crippen LogP contribution in [0, 0.1) is 24.0 Å². The lowest BCUT2D eigenvalue weighted by Gasteiger charge is -2.13. The minimum absolute atomic E-state index is 0.117. The smallest absolute Gasteiger partial charge is 0.337 e. The number of rotatable bonds is 5. The van der Waals surface area contributed by atoms with Crippen molar-refractivity contribution in [1.82, 2.24) is 14.0 Å². The summed E-state index contributed by atoms with van der Waals surface area (Å²) in [5.41, 5.74) is 0.422. The number of hydrogen-bond donors (Lipinski definition) is 0. The van der Waals surface area contributed by atoms with E-state index in [1.165, 1.54) is 33.7 Å². The van der Waals surface area contributed by atoms with Gasteiger partial charge in [-0.3, -0.25) is 24.3 Å². The van der Waals surface area contributed by atoms with E-state index in [1.54, 1.807) is 21.0 Å². The van der Waals surface area contributed by atoms with Crippen molar-refractivity contribution in [3.05, 3.63) is 101 Å². The van der Waals surface area contributed by atoms with Crippen LogP contribution in [0.3, 0.4) is 0 Å². The molecule has 34 heavy (non-hydrogen) atoms. The summed E-state index contributed by atoms with van der Waals surface area (Å²) in [6.45, 7) is 3.73. The van der Waals surface area contributed by atoms with E-state index >= 15 is 0 Å². The average molecular weight is 479 g/mol. The van der Waals surface area contributed by atoms with Crippen molar-refractivity contribution in [3.63, 3.8) is 0 Å². The van der Waals surface area contributed by atoms with E-state index in [0.29, 0.717) is 15.3 Å². The fourth-order valence-corrected chi connectivity index (χ4v) is 5.10. The maximum atomic E-state index is 13.7. The summed E-state index contributed by atoms with van der Waals surface area (Å²) >= 11 is 1.08. The second kappa shape index (κ2) is 8.71. The first kappa shape index (κ1) is 23.1. The Hall–Kier alpha value is -4.05. The van der Waals surface area contributed by atoms with E-state index < -0.39 is 16.2 Å². The number of carbonyl (C=O) groups is 1. The highest BCUT2D eigenvalue weighted by atomic mass is 32.1. The molecule has 0 atom stereocenters. The number of thiophene rings is 1. The highest BCUT2D eigenvalue weighted by Crippen LogP contribution is 2.30. The third-order valence-corrected chi connectivity index (χ3v) is 6.90. The van der Waals surface area contributed by atoms with Crippen LogP contribution in [0.25, 0.3) is 15.9 Å². The minimum atomic E-state index is -0.711. The lowest BCUT2D eigenvalue weighted by molar-refractivity contribution is -0.384. The molecule has 4 rings (SSSR count). The van der Waals surface area contributed by atoms with Gasteiger partial charge in [0.15, 0.2) is 0 Å². The molecule has 0 bridgehead atoms. The van der Waals surface area contributed by atoms with Crippen molar-refractivity contribution < 1.29 is 9.72 Å². The largest absolute Gasteiger partial charge is 0.344 e. The summed E-state index contributed by atoms with van der Waals surface area (Å²) < 4.78 is 2.24. The Kier molecular flexibility index (Phi) is 5.92. The number of aryl methyl sites for hydroxylation is 2. The van der Waals surface area contributed by atoms with Crippen LogP contribution in [0.5, 0.6) is 0 Å². The van der Waals surface area contributed by atoms with Gasteiger partial charge >= 0.3 is 5.69 Å². The fraction of sp³-hybridized carbons (Fsp3) is 0.208. The van der Waals surface area contributed by atoms with Crippen LogP contribution < -0.4 is 11.2 Å². The number of nitro benzene ring substituents is 1. The Morgan fingerprint density at radius 3 is 2.32 bits per heavy atom. The summed E-state index contributed by atoms with van der Waals surface area (Å²) in [6.07, 6.45) is 0. The fourth-order valence-electron chi connectivity index (χ4n) is 3.79. The summed E-state index contributed by atoms with van der Waals surface area (Å²) in [6, 6.07) is 13.2. The molecular formula is C24H22N4O5S. The van der Waals surface area contributed by atoms with Crippen LogP contribution in [0.2, 0.25) is 0 Å². The molecule has 0 radical (unpaired) electrons. The maximum Gasteiger partial charge on any atom is 0.337 e. The van der Waals surface area contributed by atoms with Crippen LogP contribution in [0.1, 0.15) is 26.4 Å². The molecule has 9 nitrogen and oxygen atoms in total. The lowest BCUT2D eigenvalue weighted by Crippen LogP contribution is -2.39. The Morgan fingerprint density at radius 2 is 1.71 bits per heavy atom. The number of nitrogens with zero attached hydrogens (tertiary/aromatic N) is 4. The molecule has 174 valence electrons. The first-order valence-corrected chi connectivity index (χ1v) is 11.2. The number of carbonyl (C=O) groups excluding carboxylic acids is 1. The highest BCUT2D eigenvalue weighted by molar-refractivity contribution is 7.20.